The topological polar surface area (TPSA) is 70.5 Å². The second-order valence-electron chi connectivity index (χ2n) is 8.63. The Hall–Kier alpha value is -4.09. The number of aromatic nitrogens is 6. The molecule has 5 rings (SSSR count). The van der Waals surface area contributed by atoms with E-state index in [0.717, 1.165) is 16.9 Å². The Kier molecular flexibility index (Phi) is 6.26. The summed E-state index contributed by atoms with van der Waals surface area (Å²) in [6.07, 6.45) is -2.59. The molecular weight excluding hydrogens is 495 g/mol. The first-order valence-electron chi connectivity index (χ1n) is 11.5. The number of rotatable bonds is 7. The highest BCUT2D eigenvalue weighted by Crippen LogP contribution is 2.32. The predicted molar refractivity (Wildman–Crippen MR) is 127 cm³/mol. The fourth-order valence-electron chi connectivity index (χ4n) is 4.39. The number of imidazole rings is 1. The quantitative estimate of drug-likeness (QED) is 0.223. The smallest absolute Gasteiger partial charge is 0.326 e. The Morgan fingerprint density at radius 2 is 1.76 bits per heavy atom. The number of aryl methyl sites for hydroxylation is 2. The third kappa shape index (κ3) is 4.70. The van der Waals surface area contributed by atoms with Crippen molar-refractivity contribution in [2.45, 2.75) is 32.1 Å². The molecule has 0 bridgehead atoms. The summed E-state index contributed by atoms with van der Waals surface area (Å²) in [5.74, 6) is -0.00242. The van der Waals surface area contributed by atoms with E-state index in [2.05, 4.69) is 15.1 Å². The van der Waals surface area contributed by atoms with Gasteiger partial charge in [-0.25, -0.2) is 14.4 Å². The van der Waals surface area contributed by atoms with E-state index in [-0.39, 0.29) is 12.2 Å². The zero-order valence-corrected chi connectivity index (χ0v) is 19.6. The van der Waals surface area contributed by atoms with E-state index in [9.17, 15) is 26.7 Å². The van der Waals surface area contributed by atoms with Crippen molar-refractivity contribution in [2.75, 3.05) is 6.67 Å². The number of fused-ring (bicyclic) bond motifs is 2. The SMILES string of the molecule is Cn1nc(C(F)(F)F)cc1-c1ccc2ncc(=O)n(Cc3nc4cc(F)ccc4n3CCCCF)c2c1. The zero-order chi connectivity index (χ0) is 26.3. The van der Waals surface area contributed by atoms with Crippen molar-refractivity contribution >= 4 is 22.1 Å². The van der Waals surface area contributed by atoms with Gasteiger partial charge in [0.25, 0.3) is 5.56 Å². The van der Waals surface area contributed by atoms with E-state index >= 15 is 0 Å². The number of benzene rings is 2. The van der Waals surface area contributed by atoms with Gasteiger partial charge in [0.15, 0.2) is 5.69 Å². The van der Waals surface area contributed by atoms with Crippen LogP contribution in [-0.4, -0.2) is 35.6 Å². The molecule has 3 heterocycles. The molecular formula is C25H21F5N6O. The average Bonchev–Trinajstić information content (AvgIpc) is 3.41. The second-order valence-corrected chi connectivity index (χ2v) is 8.63. The molecule has 0 unspecified atom stereocenters. The molecule has 0 saturated heterocycles. The van der Waals surface area contributed by atoms with Crippen LogP contribution in [0.5, 0.6) is 0 Å². The molecule has 0 amide bonds. The lowest BCUT2D eigenvalue weighted by Crippen LogP contribution is -2.23. The van der Waals surface area contributed by atoms with Gasteiger partial charge in [0.05, 0.1) is 47.2 Å². The average molecular weight is 516 g/mol. The van der Waals surface area contributed by atoms with Crippen molar-refractivity contribution in [1.29, 1.82) is 0 Å². The minimum absolute atomic E-state index is 0.00752. The molecule has 5 aromatic rings. The summed E-state index contributed by atoms with van der Waals surface area (Å²) in [5, 5.41) is 3.56. The fourth-order valence-corrected chi connectivity index (χ4v) is 4.39. The molecule has 192 valence electrons. The highest BCUT2D eigenvalue weighted by Gasteiger charge is 2.34. The van der Waals surface area contributed by atoms with Gasteiger partial charge in [-0.15, -0.1) is 0 Å². The highest BCUT2D eigenvalue weighted by atomic mass is 19.4. The van der Waals surface area contributed by atoms with Crippen LogP contribution in [0.1, 0.15) is 24.4 Å². The summed E-state index contributed by atoms with van der Waals surface area (Å²) < 4.78 is 70.5. The van der Waals surface area contributed by atoms with E-state index < -0.39 is 29.9 Å². The molecule has 0 spiro atoms. The molecule has 2 aromatic carbocycles. The molecule has 3 aromatic heterocycles. The van der Waals surface area contributed by atoms with Crippen LogP contribution in [0, 0.1) is 5.82 Å². The van der Waals surface area contributed by atoms with Crippen molar-refractivity contribution in [2.24, 2.45) is 7.05 Å². The maximum absolute atomic E-state index is 13.9. The Bertz CT molecular complexity index is 1670. The number of hydrogen-bond acceptors (Lipinski definition) is 4. The molecule has 0 atom stereocenters. The molecule has 0 fully saturated rings. The lowest BCUT2D eigenvalue weighted by molar-refractivity contribution is -0.141. The van der Waals surface area contributed by atoms with Crippen molar-refractivity contribution in [1.82, 2.24) is 28.9 Å². The molecule has 0 N–H and O–H groups in total. The summed E-state index contributed by atoms with van der Waals surface area (Å²) in [4.78, 5) is 21.6. The van der Waals surface area contributed by atoms with E-state index in [1.807, 2.05) is 4.57 Å². The molecule has 7 nitrogen and oxygen atoms in total. The predicted octanol–water partition coefficient (Wildman–Crippen LogP) is 5.10. The minimum Gasteiger partial charge on any atom is -0.326 e. The van der Waals surface area contributed by atoms with Crippen LogP contribution in [0.3, 0.4) is 0 Å². The van der Waals surface area contributed by atoms with Gasteiger partial charge in [-0.1, -0.05) is 6.07 Å². The third-order valence-corrected chi connectivity index (χ3v) is 6.17. The molecule has 37 heavy (non-hydrogen) atoms. The van der Waals surface area contributed by atoms with Crippen LogP contribution < -0.4 is 5.56 Å². The first-order chi connectivity index (χ1) is 17.7. The Labute approximate surface area is 206 Å². The first-order valence-corrected chi connectivity index (χ1v) is 11.5. The summed E-state index contributed by atoms with van der Waals surface area (Å²) in [7, 11) is 1.41. The Morgan fingerprint density at radius 1 is 0.946 bits per heavy atom. The van der Waals surface area contributed by atoms with Gasteiger partial charge in [0.1, 0.15) is 11.6 Å². The van der Waals surface area contributed by atoms with Gasteiger partial charge in [0.2, 0.25) is 0 Å². The minimum atomic E-state index is -4.60. The molecule has 0 saturated carbocycles. The monoisotopic (exact) mass is 516 g/mol. The van der Waals surface area contributed by atoms with Crippen LogP contribution >= 0.6 is 0 Å². The van der Waals surface area contributed by atoms with Crippen LogP contribution in [0.4, 0.5) is 22.0 Å². The first kappa shape index (κ1) is 24.6. The van der Waals surface area contributed by atoms with Crippen LogP contribution in [0.2, 0.25) is 0 Å². The van der Waals surface area contributed by atoms with E-state index in [0.29, 0.717) is 52.8 Å². The van der Waals surface area contributed by atoms with Gasteiger partial charge < -0.3 is 4.57 Å². The number of halogens is 5. The normalized spacial score (nSPS) is 12.2. The summed E-state index contributed by atoms with van der Waals surface area (Å²) in [6, 6.07) is 9.93. The van der Waals surface area contributed by atoms with Crippen molar-refractivity contribution < 1.29 is 22.0 Å². The standard InChI is InChI=1S/C25H21F5N6O/c1-34-20(12-22(33-34)25(28,29)30)15-4-6-17-21(10-15)36(24(37)13-31-17)14-23-32-18-11-16(27)5-7-19(18)35(23)9-3-2-8-26/h4-7,10-13H,2-3,8-9,14H2,1H3. The number of hydrogen-bond donors (Lipinski definition) is 0. The lowest BCUT2D eigenvalue weighted by Gasteiger charge is -2.13. The molecule has 0 aliphatic rings. The Balaban J connectivity index is 1.62. The van der Waals surface area contributed by atoms with Crippen molar-refractivity contribution in [3.05, 3.63) is 76.4 Å². The zero-order valence-electron chi connectivity index (χ0n) is 19.6. The van der Waals surface area contributed by atoms with Gasteiger partial charge >= 0.3 is 6.18 Å². The number of unbranched alkanes of at least 4 members (excludes halogenated alkanes) is 1. The summed E-state index contributed by atoms with van der Waals surface area (Å²) in [6.45, 7) is -0.0655. The van der Waals surface area contributed by atoms with Gasteiger partial charge in [-0.2, -0.15) is 18.3 Å². The molecule has 12 heteroatoms. The number of nitrogens with zero attached hydrogens (tertiary/aromatic N) is 6. The molecule has 0 aliphatic heterocycles. The van der Waals surface area contributed by atoms with Crippen molar-refractivity contribution in [3.63, 3.8) is 0 Å². The van der Waals surface area contributed by atoms with Crippen LogP contribution in [0.15, 0.2) is 53.5 Å². The molecule has 0 radical (unpaired) electrons. The maximum Gasteiger partial charge on any atom is 0.435 e. The largest absolute Gasteiger partial charge is 0.435 e. The fraction of sp³-hybridized carbons (Fsp3) is 0.280. The summed E-state index contributed by atoms with van der Waals surface area (Å²) in [5.41, 5.74) is 1.04. The van der Waals surface area contributed by atoms with E-state index in [4.69, 9.17) is 0 Å². The van der Waals surface area contributed by atoms with Crippen LogP contribution in [-0.2, 0) is 26.3 Å². The van der Waals surface area contributed by atoms with Gasteiger partial charge in [-0.05, 0) is 43.2 Å². The summed E-state index contributed by atoms with van der Waals surface area (Å²) >= 11 is 0. The maximum atomic E-state index is 13.9. The van der Waals surface area contributed by atoms with Crippen molar-refractivity contribution in [3.8, 4) is 11.3 Å². The Morgan fingerprint density at radius 3 is 2.49 bits per heavy atom. The second kappa shape index (κ2) is 9.41. The van der Waals surface area contributed by atoms with E-state index in [1.165, 1.54) is 23.7 Å². The third-order valence-electron chi connectivity index (χ3n) is 6.17. The van der Waals surface area contributed by atoms with Crippen LogP contribution in [0.25, 0.3) is 33.3 Å². The van der Waals surface area contributed by atoms with E-state index in [1.54, 1.807) is 24.3 Å². The lowest BCUT2D eigenvalue weighted by atomic mass is 10.1. The molecule has 0 aliphatic carbocycles. The highest BCUT2D eigenvalue weighted by molar-refractivity contribution is 5.81. The number of alkyl halides is 4. The van der Waals surface area contributed by atoms with Gasteiger partial charge in [-0.3, -0.25) is 18.4 Å². The van der Waals surface area contributed by atoms with Gasteiger partial charge in [0, 0.05) is 25.2 Å².